The number of hydrogen-bond acceptors (Lipinski definition) is 6. The largest absolute Gasteiger partial charge is 0.484 e. The average Bonchev–Trinajstić information content (AvgIpc) is 2.67. The third-order valence-electron chi connectivity index (χ3n) is 4.30. The minimum absolute atomic E-state index is 0.247. The van der Waals surface area contributed by atoms with E-state index in [4.69, 9.17) is 9.47 Å². The van der Waals surface area contributed by atoms with Gasteiger partial charge in [0.25, 0.3) is 0 Å². The first-order valence-electron chi connectivity index (χ1n) is 9.06. The van der Waals surface area contributed by atoms with Crippen molar-refractivity contribution >= 4 is 5.69 Å². The number of anilines is 1. The molecule has 26 heavy (non-hydrogen) atoms. The molecular weight excluding hydrogens is 332 g/mol. The van der Waals surface area contributed by atoms with Crippen LogP contribution in [0.2, 0.25) is 0 Å². The lowest BCUT2D eigenvalue weighted by Crippen LogP contribution is -2.44. The molecule has 0 aliphatic carbocycles. The first-order valence-corrected chi connectivity index (χ1v) is 9.06. The van der Waals surface area contributed by atoms with Crippen LogP contribution in [-0.2, 0) is 4.74 Å². The second-order valence-electron chi connectivity index (χ2n) is 6.20. The summed E-state index contributed by atoms with van der Waals surface area (Å²) in [6, 6.07) is 7.71. The van der Waals surface area contributed by atoms with Crippen LogP contribution < -0.4 is 20.5 Å². The number of aryl methyl sites for hydroxylation is 1. The molecule has 3 rings (SSSR count). The lowest BCUT2D eigenvalue weighted by atomic mass is 10.2. The molecule has 1 aromatic heterocycles. The molecule has 1 N–H and O–H groups in total. The van der Waals surface area contributed by atoms with Gasteiger partial charge in [-0.2, -0.15) is 9.78 Å². The number of ether oxygens (including phenoxy) is 2. The van der Waals surface area contributed by atoms with Gasteiger partial charge in [-0.1, -0.05) is 12.1 Å². The van der Waals surface area contributed by atoms with Gasteiger partial charge in [0.1, 0.15) is 12.3 Å². The highest BCUT2D eigenvalue weighted by atomic mass is 16.5. The number of piperazine rings is 1. The van der Waals surface area contributed by atoms with Crippen LogP contribution in [0.3, 0.4) is 0 Å². The fraction of sp³-hybridized carbons (Fsp3) is 0.474. The lowest BCUT2D eigenvalue weighted by molar-refractivity contribution is 0.109. The number of rotatable bonds is 7. The monoisotopic (exact) mass is 358 g/mol. The summed E-state index contributed by atoms with van der Waals surface area (Å²) in [5, 5.41) is 7.72. The second-order valence-corrected chi connectivity index (χ2v) is 6.20. The van der Waals surface area contributed by atoms with Crippen molar-refractivity contribution in [1.82, 2.24) is 15.1 Å². The van der Waals surface area contributed by atoms with Crippen molar-refractivity contribution in [1.29, 1.82) is 0 Å². The molecule has 1 saturated heterocycles. The van der Waals surface area contributed by atoms with Gasteiger partial charge >= 0.3 is 5.56 Å². The molecule has 1 aliphatic heterocycles. The van der Waals surface area contributed by atoms with Crippen LogP contribution in [0.4, 0.5) is 5.69 Å². The predicted molar refractivity (Wildman–Crippen MR) is 102 cm³/mol. The Balaban J connectivity index is 1.96. The summed E-state index contributed by atoms with van der Waals surface area (Å²) < 4.78 is 12.6. The summed E-state index contributed by atoms with van der Waals surface area (Å²) >= 11 is 0. The van der Waals surface area contributed by atoms with Gasteiger partial charge in [0, 0.05) is 32.8 Å². The molecule has 2 heterocycles. The summed E-state index contributed by atoms with van der Waals surface area (Å²) in [7, 11) is 0. The zero-order chi connectivity index (χ0) is 18.4. The van der Waals surface area contributed by atoms with Crippen LogP contribution in [0.15, 0.2) is 35.3 Å². The van der Waals surface area contributed by atoms with Crippen LogP contribution in [0.5, 0.6) is 5.75 Å². The Morgan fingerprint density at radius 2 is 2.04 bits per heavy atom. The summed E-state index contributed by atoms with van der Waals surface area (Å²) in [6.45, 7) is 8.71. The Kier molecular flexibility index (Phi) is 6.25. The van der Waals surface area contributed by atoms with Crippen molar-refractivity contribution in [2.45, 2.75) is 13.8 Å². The first-order chi connectivity index (χ1) is 12.7. The third kappa shape index (κ3) is 4.23. The van der Waals surface area contributed by atoms with Gasteiger partial charge in [0.05, 0.1) is 18.5 Å². The fourth-order valence-corrected chi connectivity index (χ4v) is 2.99. The predicted octanol–water partition coefficient (Wildman–Crippen LogP) is 1.37. The maximum atomic E-state index is 13.1. The molecule has 7 heteroatoms. The molecule has 0 bridgehead atoms. The molecule has 0 radical (unpaired) electrons. The van der Waals surface area contributed by atoms with Crippen LogP contribution in [0.25, 0.3) is 5.69 Å². The first kappa shape index (κ1) is 18.4. The van der Waals surface area contributed by atoms with E-state index in [1.165, 1.54) is 4.68 Å². The topological polar surface area (TPSA) is 68.6 Å². The van der Waals surface area contributed by atoms with Crippen molar-refractivity contribution in [3.8, 4) is 11.4 Å². The SMILES string of the molecule is CCOCCOc1c(N2CCNCC2)cnn(-c2cccc(C)c2)c1=O. The van der Waals surface area contributed by atoms with E-state index in [1.54, 1.807) is 6.20 Å². The Morgan fingerprint density at radius 1 is 1.23 bits per heavy atom. The van der Waals surface area contributed by atoms with E-state index >= 15 is 0 Å². The van der Waals surface area contributed by atoms with Gasteiger partial charge in [-0.15, -0.1) is 0 Å². The van der Waals surface area contributed by atoms with E-state index < -0.39 is 0 Å². The highest BCUT2D eigenvalue weighted by Crippen LogP contribution is 2.24. The van der Waals surface area contributed by atoms with E-state index in [-0.39, 0.29) is 5.56 Å². The number of nitrogens with zero attached hydrogens (tertiary/aromatic N) is 3. The molecule has 1 fully saturated rings. The molecule has 1 aromatic carbocycles. The maximum absolute atomic E-state index is 13.1. The minimum Gasteiger partial charge on any atom is -0.484 e. The zero-order valence-electron chi connectivity index (χ0n) is 15.4. The molecule has 0 atom stereocenters. The number of hydrogen-bond donors (Lipinski definition) is 1. The van der Waals surface area contributed by atoms with Gasteiger partial charge in [-0.3, -0.25) is 4.79 Å². The summed E-state index contributed by atoms with van der Waals surface area (Å²) in [4.78, 5) is 15.2. The van der Waals surface area contributed by atoms with Gasteiger partial charge in [0.2, 0.25) is 5.75 Å². The Labute approximate surface area is 153 Å². The lowest BCUT2D eigenvalue weighted by Gasteiger charge is -2.30. The number of aromatic nitrogens is 2. The van der Waals surface area contributed by atoms with Gasteiger partial charge in [0.15, 0.2) is 0 Å². The standard InChI is InChI=1S/C19H26N4O3/c1-3-25-11-12-26-18-17(22-9-7-20-8-10-22)14-21-23(19(18)24)16-6-4-5-15(2)13-16/h4-6,13-14,20H,3,7-12H2,1-2H3. The van der Waals surface area contributed by atoms with Crippen LogP contribution >= 0.6 is 0 Å². The third-order valence-corrected chi connectivity index (χ3v) is 4.30. The Morgan fingerprint density at radius 3 is 2.77 bits per heavy atom. The Hall–Kier alpha value is -2.38. The van der Waals surface area contributed by atoms with Crippen molar-refractivity contribution in [3.63, 3.8) is 0 Å². The van der Waals surface area contributed by atoms with E-state index in [1.807, 2.05) is 38.1 Å². The van der Waals surface area contributed by atoms with Gasteiger partial charge < -0.3 is 19.7 Å². The normalized spacial score (nSPS) is 14.5. The van der Waals surface area contributed by atoms with E-state index in [2.05, 4.69) is 15.3 Å². The molecule has 7 nitrogen and oxygen atoms in total. The molecule has 0 amide bonds. The molecular formula is C19H26N4O3. The average molecular weight is 358 g/mol. The number of nitrogens with one attached hydrogen (secondary N) is 1. The van der Waals surface area contributed by atoms with Crippen molar-refractivity contribution in [2.24, 2.45) is 0 Å². The van der Waals surface area contributed by atoms with Crippen LogP contribution in [0, 0.1) is 6.92 Å². The van der Waals surface area contributed by atoms with Gasteiger partial charge in [-0.25, -0.2) is 0 Å². The second kappa shape index (κ2) is 8.82. The summed E-state index contributed by atoms with van der Waals surface area (Å²) in [5.41, 5.74) is 2.30. The smallest absolute Gasteiger partial charge is 0.316 e. The van der Waals surface area contributed by atoms with Crippen LogP contribution in [-0.4, -0.2) is 55.8 Å². The van der Waals surface area contributed by atoms with Crippen molar-refractivity contribution in [2.75, 3.05) is 50.9 Å². The van der Waals surface area contributed by atoms with Crippen molar-refractivity contribution in [3.05, 3.63) is 46.4 Å². The van der Waals surface area contributed by atoms with E-state index in [9.17, 15) is 4.79 Å². The molecule has 1 aliphatic rings. The molecule has 2 aromatic rings. The highest BCUT2D eigenvalue weighted by molar-refractivity contribution is 5.57. The molecule has 140 valence electrons. The van der Waals surface area contributed by atoms with Gasteiger partial charge in [-0.05, 0) is 31.5 Å². The summed E-state index contributed by atoms with van der Waals surface area (Å²) in [6.07, 6.45) is 1.73. The van der Waals surface area contributed by atoms with E-state index in [0.717, 1.165) is 43.1 Å². The molecule has 0 spiro atoms. The van der Waals surface area contributed by atoms with Crippen LogP contribution in [0.1, 0.15) is 12.5 Å². The van der Waals surface area contributed by atoms with Crippen molar-refractivity contribution < 1.29 is 9.47 Å². The molecule has 0 unspecified atom stereocenters. The Bertz CT molecular complexity index is 785. The summed E-state index contributed by atoms with van der Waals surface area (Å²) in [5.74, 6) is 0.336. The zero-order valence-corrected chi connectivity index (χ0v) is 15.4. The fourth-order valence-electron chi connectivity index (χ4n) is 2.99. The molecule has 0 saturated carbocycles. The quantitative estimate of drug-likeness (QED) is 0.754. The minimum atomic E-state index is -0.247. The number of benzene rings is 1. The highest BCUT2D eigenvalue weighted by Gasteiger charge is 2.20. The maximum Gasteiger partial charge on any atom is 0.316 e. The van der Waals surface area contributed by atoms with E-state index in [0.29, 0.717) is 25.6 Å².